The van der Waals surface area contributed by atoms with E-state index in [0.29, 0.717) is 0 Å². The SMILES string of the molecule is CCC1C(=O)N(C)CCN1Cc1cn(CCN2CCN(C)CC2)nc1C. The Morgan fingerprint density at radius 1 is 1.08 bits per heavy atom. The lowest BCUT2D eigenvalue weighted by Gasteiger charge is -2.38. The van der Waals surface area contributed by atoms with E-state index in [0.717, 1.165) is 71.0 Å². The average molecular weight is 363 g/mol. The molecular weight excluding hydrogens is 328 g/mol. The van der Waals surface area contributed by atoms with Gasteiger partial charge in [0.1, 0.15) is 0 Å². The van der Waals surface area contributed by atoms with Crippen LogP contribution in [0.15, 0.2) is 6.20 Å². The Hall–Kier alpha value is -1.44. The minimum absolute atomic E-state index is 0.00170. The molecule has 0 spiro atoms. The molecular formula is C19H34N6O. The summed E-state index contributed by atoms with van der Waals surface area (Å²) in [6.07, 6.45) is 3.04. The van der Waals surface area contributed by atoms with Crippen LogP contribution in [-0.4, -0.2) is 101 Å². The van der Waals surface area contributed by atoms with E-state index in [1.165, 1.54) is 5.56 Å². The summed E-state index contributed by atoms with van der Waals surface area (Å²) < 4.78 is 2.09. The molecule has 7 heteroatoms. The summed E-state index contributed by atoms with van der Waals surface area (Å²) in [4.78, 5) is 21.5. The van der Waals surface area contributed by atoms with Crippen LogP contribution in [-0.2, 0) is 17.9 Å². The van der Waals surface area contributed by atoms with E-state index in [4.69, 9.17) is 5.10 Å². The van der Waals surface area contributed by atoms with Gasteiger partial charge < -0.3 is 9.80 Å². The Kier molecular flexibility index (Phi) is 6.32. The maximum atomic E-state index is 12.4. The van der Waals surface area contributed by atoms with Crippen LogP contribution >= 0.6 is 0 Å². The Balaban J connectivity index is 1.57. The van der Waals surface area contributed by atoms with E-state index in [-0.39, 0.29) is 11.9 Å². The summed E-state index contributed by atoms with van der Waals surface area (Å²) in [6.45, 7) is 13.3. The van der Waals surface area contributed by atoms with Gasteiger partial charge in [-0.25, -0.2) is 0 Å². The smallest absolute Gasteiger partial charge is 0.239 e. The summed E-state index contributed by atoms with van der Waals surface area (Å²) in [7, 11) is 4.09. The van der Waals surface area contributed by atoms with E-state index >= 15 is 0 Å². The maximum Gasteiger partial charge on any atom is 0.239 e. The van der Waals surface area contributed by atoms with Gasteiger partial charge in [0.05, 0.1) is 18.3 Å². The molecule has 146 valence electrons. The Bertz CT molecular complexity index is 607. The van der Waals surface area contributed by atoms with Gasteiger partial charge in [0.2, 0.25) is 5.91 Å². The monoisotopic (exact) mass is 362 g/mol. The minimum atomic E-state index is 0.00170. The molecule has 0 radical (unpaired) electrons. The van der Waals surface area contributed by atoms with Crippen molar-refractivity contribution in [2.45, 2.75) is 39.4 Å². The van der Waals surface area contributed by atoms with Crippen LogP contribution in [0.3, 0.4) is 0 Å². The van der Waals surface area contributed by atoms with Crippen LogP contribution in [0.25, 0.3) is 0 Å². The largest absolute Gasteiger partial charge is 0.343 e. The molecule has 3 rings (SSSR count). The van der Waals surface area contributed by atoms with Crippen molar-refractivity contribution in [3.8, 4) is 0 Å². The Morgan fingerprint density at radius 3 is 2.50 bits per heavy atom. The van der Waals surface area contributed by atoms with Gasteiger partial charge in [0.15, 0.2) is 0 Å². The maximum absolute atomic E-state index is 12.4. The number of hydrogen-bond donors (Lipinski definition) is 0. The highest BCUT2D eigenvalue weighted by molar-refractivity contribution is 5.82. The summed E-state index contributed by atoms with van der Waals surface area (Å²) in [6, 6.07) is 0.00170. The van der Waals surface area contributed by atoms with E-state index in [2.05, 4.69) is 46.5 Å². The number of rotatable bonds is 6. The summed E-state index contributed by atoms with van der Waals surface area (Å²) in [5, 5.41) is 4.72. The lowest BCUT2D eigenvalue weighted by atomic mass is 10.1. The first-order chi connectivity index (χ1) is 12.5. The molecule has 2 fully saturated rings. The zero-order valence-electron chi connectivity index (χ0n) is 16.8. The van der Waals surface area contributed by atoms with Gasteiger partial charge >= 0.3 is 0 Å². The number of aromatic nitrogens is 2. The molecule has 1 aromatic heterocycles. The van der Waals surface area contributed by atoms with Gasteiger partial charge in [0.25, 0.3) is 0 Å². The molecule has 3 heterocycles. The minimum Gasteiger partial charge on any atom is -0.343 e. The number of nitrogens with zero attached hydrogens (tertiary/aromatic N) is 6. The molecule has 7 nitrogen and oxygen atoms in total. The fourth-order valence-corrected chi connectivity index (χ4v) is 3.94. The zero-order valence-corrected chi connectivity index (χ0v) is 16.8. The van der Waals surface area contributed by atoms with Crippen LogP contribution in [0, 0.1) is 6.92 Å². The molecule has 0 bridgehead atoms. The second-order valence-electron chi connectivity index (χ2n) is 7.80. The summed E-state index contributed by atoms with van der Waals surface area (Å²) in [5.41, 5.74) is 2.34. The number of carbonyl (C=O) groups excluding carboxylic acids is 1. The average Bonchev–Trinajstić information content (AvgIpc) is 2.98. The highest BCUT2D eigenvalue weighted by Gasteiger charge is 2.31. The van der Waals surface area contributed by atoms with E-state index < -0.39 is 0 Å². The number of likely N-dealkylation sites (N-methyl/N-ethyl adjacent to an activating group) is 2. The van der Waals surface area contributed by atoms with Gasteiger partial charge in [-0.1, -0.05) is 6.92 Å². The molecule has 1 unspecified atom stereocenters. The molecule has 2 saturated heterocycles. The van der Waals surface area contributed by atoms with Gasteiger partial charge in [-0.3, -0.25) is 19.3 Å². The number of amides is 1. The standard InChI is InChI=1S/C19H34N6O/c1-5-18-19(26)22(4)8-12-24(18)14-17-15-25(20-16(17)2)13-11-23-9-6-21(3)7-10-23/h15,18H,5-14H2,1-4H3. The van der Waals surface area contributed by atoms with Crippen LogP contribution in [0.1, 0.15) is 24.6 Å². The van der Waals surface area contributed by atoms with Crippen molar-refractivity contribution in [2.75, 3.05) is 59.9 Å². The molecule has 26 heavy (non-hydrogen) atoms. The van der Waals surface area contributed by atoms with Crippen molar-refractivity contribution in [2.24, 2.45) is 0 Å². The number of piperazine rings is 2. The fourth-order valence-electron chi connectivity index (χ4n) is 3.94. The van der Waals surface area contributed by atoms with Crippen molar-refractivity contribution >= 4 is 5.91 Å². The van der Waals surface area contributed by atoms with Crippen molar-refractivity contribution < 1.29 is 4.79 Å². The van der Waals surface area contributed by atoms with Crippen molar-refractivity contribution in [1.82, 2.24) is 29.4 Å². The Morgan fingerprint density at radius 2 is 1.81 bits per heavy atom. The molecule has 1 aromatic rings. The predicted molar refractivity (Wildman–Crippen MR) is 103 cm³/mol. The van der Waals surface area contributed by atoms with Crippen LogP contribution < -0.4 is 0 Å². The molecule has 1 atom stereocenters. The third-order valence-corrected chi connectivity index (χ3v) is 5.87. The van der Waals surface area contributed by atoms with Crippen molar-refractivity contribution in [3.05, 3.63) is 17.5 Å². The zero-order chi connectivity index (χ0) is 18.7. The second-order valence-corrected chi connectivity index (χ2v) is 7.80. The lowest BCUT2D eigenvalue weighted by molar-refractivity contribution is -0.140. The second kappa shape index (κ2) is 8.50. The molecule has 0 N–H and O–H groups in total. The summed E-state index contributed by atoms with van der Waals surface area (Å²) >= 11 is 0. The molecule has 0 aliphatic carbocycles. The molecule has 2 aliphatic heterocycles. The van der Waals surface area contributed by atoms with Gasteiger partial charge in [-0.2, -0.15) is 5.10 Å². The highest BCUT2D eigenvalue weighted by Crippen LogP contribution is 2.18. The predicted octanol–water partition coefficient (Wildman–Crippen LogP) is 0.492. The summed E-state index contributed by atoms with van der Waals surface area (Å²) in [5.74, 6) is 0.249. The van der Waals surface area contributed by atoms with Crippen molar-refractivity contribution in [3.63, 3.8) is 0 Å². The Labute approximate surface area is 157 Å². The highest BCUT2D eigenvalue weighted by atomic mass is 16.2. The van der Waals surface area contributed by atoms with E-state index in [1.54, 1.807) is 0 Å². The van der Waals surface area contributed by atoms with E-state index in [1.807, 2.05) is 11.9 Å². The van der Waals surface area contributed by atoms with Gasteiger partial charge in [-0.05, 0) is 20.4 Å². The third-order valence-electron chi connectivity index (χ3n) is 5.87. The molecule has 0 saturated carbocycles. The fraction of sp³-hybridized carbons (Fsp3) is 0.789. The normalized spacial score (nSPS) is 23.8. The lowest BCUT2D eigenvalue weighted by Crippen LogP contribution is -2.54. The molecule has 0 aromatic carbocycles. The van der Waals surface area contributed by atoms with Crippen LogP contribution in [0.2, 0.25) is 0 Å². The number of hydrogen-bond acceptors (Lipinski definition) is 5. The quantitative estimate of drug-likeness (QED) is 0.737. The first-order valence-corrected chi connectivity index (χ1v) is 9.90. The first-order valence-electron chi connectivity index (χ1n) is 9.90. The van der Waals surface area contributed by atoms with E-state index in [9.17, 15) is 4.79 Å². The first kappa shape index (κ1) is 19.3. The van der Waals surface area contributed by atoms with Crippen molar-refractivity contribution in [1.29, 1.82) is 0 Å². The molecule has 1 amide bonds. The third kappa shape index (κ3) is 4.45. The number of aryl methyl sites for hydroxylation is 1. The van der Waals surface area contributed by atoms with Crippen LogP contribution in [0.5, 0.6) is 0 Å². The van der Waals surface area contributed by atoms with Gasteiger partial charge in [0, 0.05) is 71.2 Å². The van der Waals surface area contributed by atoms with Gasteiger partial charge in [-0.15, -0.1) is 0 Å². The topological polar surface area (TPSA) is 47.9 Å². The molecule has 2 aliphatic rings. The van der Waals surface area contributed by atoms with Crippen LogP contribution in [0.4, 0.5) is 0 Å². The number of carbonyl (C=O) groups is 1.